The molecule has 0 aliphatic carbocycles. The van der Waals surface area contributed by atoms with E-state index in [0.717, 1.165) is 38.4 Å². The van der Waals surface area contributed by atoms with Crippen molar-refractivity contribution in [2.75, 3.05) is 17.1 Å². The zero-order valence-electron chi connectivity index (χ0n) is 23.6. The first-order valence-corrected chi connectivity index (χ1v) is 14.9. The number of anilines is 1. The molecular formula is C31H39N3O4S. The van der Waals surface area contributed by atoms with Crippen molar-refractivity contribution in [3.63, 3.8) is 0 Å². The van der Waals surface area contributed by atoms with Gasteiger partial charge in [0.05, 0.1) is 11.9 Å². The molecule has 1 atom stereocenters. The number of nitrogens with zero attached hydrogens (tertiary/aromatic N) is 2. The molecule has 0 bridgehead atoms. The molecule has 208 valence electrons. The summed E-state index contributed by atoms with van der Waals surface area (Å²) in [7, 11) is -3.80. The number of aryl methyl sites for hydroxylation is 3. The van der Waals surface area contributed by atoms with Crippen molar-refractivity contribution in [2.24, 2.45) is 0 Å². The number of sulfonamides is 1. The minimum atomic E-state index is -3.80. The molecule has 0 saturated carbocycles. The fraction of sp³-hybridized carbons (Fsp3) is 0.355. The van der Waals surface area contributed by atoms with E-state index < -0.39 is 28.5 Å². The van der Waals surface area contributed by atoms with E-state index in [1.165, 1.54) is 4.90 Å². The Labute approximate surface area is 232 Å². The van der Waals surface area contributed by atoms with Gasteiger partial charge in [0, 0.05) is 19.0 Å². The van der Waals surface area contributed by atoms with Gasteiger partial charge in [-0.3, -0.25) is 13.9 Å². The third kappa shape index (κ3) is 8.17. The van der Waals surface area contributed by atoms with Crippen LogP contribution in [0.5, 0.6) is 0 Å². The minimum Gasteiger partial charge on any atom is -0.352 e. The molecule has 3 rings (SSSR count). The zero-order valence-corrected chi connectivity index (χ0v) is 24.5. The number of amides is 2. The van der Waals surface area contributed by atoms with Crippen LogP contribution >= 0.6 is 0 Å². The Morgan fingerprint density at radius 1 is 0.846 bits per heavy atom. The second kappa shape index (κ2) is 12.9. The highest BCUT2D eigenvalue weighted by Crippen LogP contribution is 2.23. The summed E-state index contributed by atoms with van der Waals surface area (Å²) >= 11 is 0. The summed E-state index contributed by atoms with van der Waals surface area (Å²) < 4.78 is 26.9. The Balaban J connectivity index is 2.08. The normalized spacial score (nSPS) is 12.2. The predicted molar refractivity (Wildman–Crippen MR) is 157 cm³/mol. The molecule has 0 spiro atoms. The monoisotopic (exact) mass is 549 g/mol. The van der Waals surface area contributed by atoms with Crippen LogP contribution in [-0.2, 0) is 32.6 Å². The van der Waals surface area contributed by atoms with Crippen molar-refractivity contribution in [2.45, 2.75) is 59.7 Å². The highest BCUT2D eigenvalue weighted by molar-refractivity contribution is 7.92. The first-order chi connectivity index (χ1) is 18.4. The van der Waals surface area contributed by atoms with E-state index in [1.807, 2.05) is 95.3 Å². The van der Waals surface area contributed by atoms with Crippen LogP contribution in [0.25, 0.3) is 0 Å². The molecule has 3 aromatic rings. The fourth-order valence-corrected chi connectivity index (χ4v) is 5.24. The van der Waals surface area contributed by atoms with E-state index in [9.17, 15) is 18.0 Å². The molecule has 2 amide bonds. The molecule has 0 aromatic heterocycles. The highest BCUT2D eigenvalue weighted by Gasteiger charge is 2.33. The second-order valence-corrected chi connectivity index (χ2v) is 12.3. The van der Waals surface area contributed by atoms with Gasteiger partial charge in [0.2, 0.25) is 21.8 Å². The standard InChI is InChI=1S/C31H39N3O4S/c1-22(2)32-31(36)29(19-26-13-8-7-9-14-26)33(20-27-15-11-10-12-24(27)4)30(35)21-34(39(6,37)38)28-17-16-23(3)25(5)18-28/h7-18,22,29H,19-21H2,1-6H3,(H,32,36). The maximum Gasteiger partial charge on any atom is 0.244 e. The van der Waals surface area contributed by atoms with Crippen LogP contribution in [0.4, 0.5) is 5.69 Å². The number of hydrogen-bond donors (Lipinski definition) is 1. The summed E-state index contributed by atoms with van der Waals surface area (Å²) in [6.07, 6.45) is 1.38. The molecule has 0 saturated heterocycles. The fourth-order valence-electron chi connectivity index (χ4n) is 4.40. The average molecular weight is 550 g/mol. The van der Waals surface area contributed by atoms with E-state index in [2.05, 4.69) is 5.32 Å². The van der Waals surface area contributed by atoms with Gasteiger partial charge in [-0.15, -0.1) is 0 Å². The maximum absolute atomic E-state index is 14.1. The second-order valence-electron chi connectivity index (χ2n) is 10.4. The van der Waals surface area contributed by atoms with Gasteiger partial charge in [0.15, 0.2) is 0 Å². The predicted octanol–water partition coefficient (Wildman–Crippen LogP) is 4.54. The van der Waals surface area contributed by atoms with Crippen LogP contribution in [0.1, 0.15) is 41.7 Å². The first kappa shape index (κ1) is 29.9. The van der Waals surface area contributed by atoms with E-state index in [4.69, 9.17) is 0 Å². The van der Waals surface area contributed by atoms with E-state index >= 15 is 0 Å². The van der Waals surface area contributed by atoms with Crippen LogP contribution in [-0.4, -0.2) is 50.0 Å². The quantitative estimate of drug-likeness (QED) is 0.380. The molecule has 8 heteroatoms. The smallest absolute Gasteiger partial charge is 0.244 e. The molecule has 3 aromatic carbocycles. The Morgan fingerprint density at radius 3 is 2.08 bits per heavy atom. The highest BCUT2D eigenvalue weighted by atomic mass is 32.2. The number of rotatable bonds is 11. The summed E-state index contributed by atoms with van der Waals surface area (Å²) in [6, 6.07) is 21.6. The molecule has 0 fully saturated rings. The summed E-state index contributed by atoms with van der Waals surface area (Å²) in [6.45, 7) is 9.28. The minimum absolute atomic E-state index is 0.130. The van der Waals surface area contributed by atoms with Gasteiger partial charge in [-0.1, -0.05) is 60.7 Å². The van der Waals surface area contributed by atoms with Crippen LogP contribution in [0, 0.1) is 20.8 Å². The van der Waals surface area contributed by atoms with Crippen molar-refractivity contribution in [1.29, 1.82) is 0 Å². The van der Waals surface area contributed by atoms with Crippen LogP contribution < -0.4 is 9.62 Å². The maximum atomic E-state index is 14.1. The lowest BCUT2D eigenvalue weighted by molar-refractivity contribution is -0.140. The third-order valence-corrected chi connectivity index (χ3v) is 7.90. The largest absolute Gasteiger partial charge is 0.352 e. The number of carbonyl (C=O) groups is 2. The number of benzene rings is 3. The Kier molecular flexibility index (Phi) is 9.92. The molecule has 1 N–H and O–H groups in total. The van der Waals surface area contributed by atoms with Gasteiger partial charge in [-0.25, -0.2) is 8.42 Å². The number of hydrogen-bond acceptors (Lipinski definition) is 4. The van der Waals surface area contributed by atoms with E-state index in [-0.39, 0.29) is 18.5 Å². The SMILES string of the molecule is Cc1ccc(N(CC(=O)N(Cc2ccccc2C)C(Cc2ccccc2)C(=O)NC(C)C)S(C)(=O)=O)cc1C. The molecule has 0 aliphatic heterocycles. The molecule has 0 radical (unpaired) electrons. The van der Waals surface area contributed by atoms with Crippen LogP contribution in [0.3, 0.4) is 0 Å². The molecule has 39 heavy (non-hydrogen) atoms. The van der Waals surface area contributed by atoms with Crippen molar-refractivity contribution < 1.29 is 18.0 Å². The van der Waals surface area contributed by atoms with Crippen LogP contribution in [0.15, 0.2) is 72.8 Å². The van der Waals surface area contributed by atoms with Crippen molar-refractivity contribution in [3.8, 4) is 0 Å². The number of carbonyl (C=O) groups excluding carboxylic acids is 2. The first-order valence-electron chi connectivity index (χ1n) is 13.1. The Hall–Kier alpha value is -3.65. The molecular weight excluding hydrogens is 510 g/mol. The van der Waals surface area contributed by atoms with Crippen molar-refractivity contribution in [3.05, 3.63) is 101 Å². The molecule has 0 heterocycles. The van der Waals surface area contributed by atoms with E-state index in [0.29, 0.717) is 12.1 Å². The number of nitrogens with one attached hydrogen (secondary N) is 1. The van der Waals surface area contributed by atoms with Gasteiger partial charge >= 0.3 is 0 Å². The molecule has 1 unspecified atom stereocenters. The molecule has 0 aliphatic rings. The lowest BCUT2D eigenvalue weighted by atomic mass is 10.0. The topological polar surface area (TPSA) is 86.8 Å². The summed E-state index contributed by atoms with van der Waals surface area (Å²) in [4.78, 5) is 29.2. The third-order valence-electron chi connectivity index (χ3n) is 6.76. The summed E-state index contributed by atoms with van der Waals surface area (Å²) in [5, 5.41) is 2.96. The zero-order chi connectivity index (χ0) is 28.7. The lowest BCUT2D eigenvalue weighted by Crippen LogP contribution is -2.54. The summed E-state index contributed by atoms with van der Waals surface area (Å²) in [5.74, 6) is -0.741. The van der Waals surface area contributed by atoms with Crippen molar-refractivity contribution >= 4 is 27.5 Å². The van der Waals surface area contributed by atoms with Crippen molar-refractivity contribution in [1.82, 2.24) is 10.2 Å². The Morgan fingerprint density at radius 2 is 1.49 bits per heavy atom. The van der Waals surface area contributed by atoms with Gasteiger partial charge in [0.1, 0.15) is 12.6 Å². The average Bonchev–Trinajstić information content (AvgIpc) is 2.87. The van der Waals surface area contributed by atoms with Gasteiger partial charge in [-0.05, 0) is 74.6 Å². The van der Waals surface area contributed by atoms with Crippen LogP contribution in [0.2, 0.25) is 0 Å². The van der Waals surface area contributed by atoms with Gasteiger partial charge in [0.25, 0.3) is 0 Å². The van der Waals surface area contributed by atoms with Gasteiger partial charge < -0.3 is 10.2 Å². The van der Waals surface area contributed by atoms with E-state index in [1.54, 1.807) is 12.1 Å². The summed E-state index contributed by atoms with van der Waals surface area (Å²) in [5.41, 5.74) is 5.12. The molecule has 7 nitrogen and oxygen atoms in total. The Bertz CT molecular complexity index is 1400. The van der Waals surface area contributed by atoms with Gasteiger partial charge in [-0.2, -0.15) is 0 Å². The lowest BCUT2D eigenvalue weighted by Gasteiger charge is -2.34.